The van der Waals surface area contributed by atoms with Crippen LogP contribution in [0, 0.1) is 26.7 Å². The largest absolute Gasteiger partial charge is 0.379 e. The predicted molar refractivity (Wildman–Crippen MR) is 143 cm³/mol. The molecule has 0 spiro atoms. The summed E-state index contributed by atoms with van der Waals surface area (Å²) in [7, 11) is 0. The highest BCUT2D eigenvalue weighted by molar-refractivity contribution is 5.62. The van der Waals surface area contributed by atoms with Crippen molar-refractivity contribution in [2.24, 2.45) is 5.92 Å². The number of anilines is 1. The summed E-state index contributed by atoms with van der Waals surface area (Å²) in [5.74, 6) is 2.04. The molecule has 1 unspecified atom stereocenters. The number of ether oxygens (including phenoxy) is 1. The van der Waals surface area contributed by atoms with Crippen LogP contribution in [0.1, 0.15) is 34.9 Å². The Morgan fingerprint density at radius 1 is 0.946 bits per heavy atom. The minimum atomic E-state index is 0.587. The van der Waals surface area contributed by atoms with Crippen LogP contribution >= 0.6 is 0 Å². The molecule has 0 radical (unpaired) electrons. The van der Waals surface area contributed by atoms with Crippen LogP contribution in [0.3, 0.4) is 0 Å². The Hall–Kier alpha value is -3.43. The van der Waals surface area contributed by atoms with E-state index in [2.05, 4.69) is 63.0 Å². The van der Waals surface area contributed by atoms with Gasteiger partial charge in [0.1, 0.15) is 5.82 Å². The Morgan fingerprint density at radius 3 is 2.57 bits per heavy atom. The molecule has 0 bridgehead atoms. The third-order valence-corrected chi connectivity index (χ3v) is 7.64. The third kappa shape index (κ3) is 5.06. The zero-order chi connectivity index (χ0) is 25.4. The number of rotatable bonds is 6. The Kier molecular flexibility index (Phi) is 6.56. The first kappa shape index (κ1) is 23.9. The molecule has 4 aromatic rings. The van der Waals surface area contributed by atoms with E-state index in [1.54, 1.807) is 0 Å². The molecule has 0 aliphatic carbocycles. The summed E-state index contributed by atoms with van der Waals surface area (Å²) >= 11 is 0. The van der Waals surface area contributed by atoms with Crippen molar-refractivity contribution in [3.8, 4) is 11.3 Å². The average Bonchev–Trinajstić information content (AvgIpc) is 3.54. The van der Waals surface area contributed by atoms with E-state index in [-0.39, 0.29) is 0 Å². The van der Waals surface area contributed by atoms with E-state index in [4.69, 9.17) is 14.7 Å². The summed E-state index contributed by atoms with van der Waals surface area (Å²) in [6.45, 7) is 12.5. The van der Waals surface area contributed by atoms with Crippen LogP contribution in [0.15, 0.2) is 36.7 Å². The number of nitrogens with zero attached hydrogens (tertiary/aromatic N) is 8. The van der Waals surface area contributed by atoms with Crippen LogP contribution in [-0.4, -0.2) is 73.8 Å². The van der Waals surface area contributed by atoms with Crippen molar-refractivity contribution in [3.05, 3.63) is 65.1 Å². The van der Waals surface area contributed by atoms with E-state index in [1.807, 2.05) is 23.8 Å². The quantitative estimate of drug-likeness (QED) is 0.400. The maximum Gasteiger partial charge on any atom is 0.252 e. The van der Waals surface area contributed by atoms with Crippen LogP contribution < -0.4 is 4.90 Å². The second kappa shape index (κ2) is 10.1. The summed E-state index contributed by atoms with van der Waals surface area (Å²) < 4.78 is 7.35. The molecule has 5 heterocycles. The van der Waals surface area contributed by atoms with Crippen molar-refractivity contribution < 1.29 is 4.74 Å². The molecule has 1 aromatic carbocycles. The average molecular weight is 499 g/mol. The maximum absolute atomic E-state index is 5.46. The molecule has 2 fully saturated rings. The van der Waals surface area contributed by atoms with Gasteiger partial charge in [-0.2, -0.15) is 10.1 Å². The maximum atomic E-state index is 5.46. The van der Waals surface area contributed by atoms with E-state index in [0.29, 0.717) is 11.7 Å². The molecule has 0 amide bonds. The predicted octanol–water partition coefficient (Wildman–Crippen LogP) is 3.41. The fourth-order valence-electron chi connectivity index (χ4n) is 5.58. The molecule has 37 heavy (non-hydrogen) atoms. The number of hydrogen-bond donors (Lipinski definition) is 0. The normalized spacial score (nSPS) is 18.7. The smallest absolute Gasteiger partial charge is 0.252 e. The topological polar surface area (TPSA) is 84.6 Å². The molecule has 2 saturated heterocycles. The van der Waals surface area contributed by atoms with Gasteiger partial charge >= 0.3 is 0 Å². The molecule has 0 N–H and O–H groups in total. The van der Waals surface area contributed by atoms with E-state index >= 15 is 0 Å². The first-order valence-corrected chi connectivity index (χ1v) is 13.2. The van der Waals surface area contributed by atoms with Crippen molar-refractivity contribution in [1.29, 1.82) is 0 Å². The lowest BCUT2D eigenvalue weighted by molar-refractivity contribution is 0.0336. The van der Waals surface area contributed by atoms with Gasteiger partial charge in [-0.25, -0.2) is 14.5 Å². The SMILES string of the molecule is Cc1nc2nc(C)c(CC3CCN(c4ccc(-c5cncc(CN6CCOCC6)n5)cc4)C3)c(C)n2n1. The number of fused-ring (bicyclic) bond motifs is 1. The fourth-order valence-corrected chi connectivity index (χ4v) is 5.58. The number of aryl methyl sites for hydroxylation is 3. The highest BCUT2D eigenvalue weighted by Crippen LogP contribution is 2.29. The van der Waals surface area contributed by atoms with Gasteiger partial charge in [-0.15, -0.1) is 0 Å². The molecule has 192 valence electrons. The minimum absolute atomic E-state index is 0.587. The van der Waals surface area contributed by atoms with Gasteiger partial charge in [-0.1, -0.05) is 12.1 Å². The second-order valence-electron chi connectivity index (χ2n) is 10.3. The highest BCUT2D eigenvalue weighted by Gasteiger charge is 2.25. The molecule has 9 nitrogen and oxygen atoms in total. The molecular weight excluding hydrogens is 464 g/mol. The van der Waals surface area contributed by atoms with Crippen LogP contribution in [0.4, 0.5) is 5.69 Å². The van der Waals surface area contributed by atoms with Gasteiger partial charge in [0.05, 0.1) is 30.8 Å². The van der Waals surface area contributed by atoms with E-state index in [1.165, 1.54) is 17.7 Å². The summed E-state index contributed by atoms with van der Waals surface area (Å²) in [6, 6.07) is 8.78. The van der Waals surface area contributed by atoms with Gasteiger partial charge in [-0.05, 0) is 57.2 Å². The third-order valence-electron chi connectivity index (χ3n) is 7.64. The Morgan fingerprint density at radius 2 is 1.76 bits per heavy atom. The van der Waals surface area contributed by atoms with Crippen LogP contribution in [0.25, 0.3) is 17.0 Å². The number of benzene rings is 1. The zero-order valence-corrected chi connectivity index (χ0v) is 21.9. The highest BCUT2D eigenvalue weighted by atomic mass is 16.5. The van der Waals surface area contributed by atoms with E-state index in [0.717, 1.165) is 86.5 Å². The van der Waals surface area contributed by atoms with Gasteiger partial charge in [0.2, 0.25) is 0 Å². The summed E-state index contributed by atoms with van der Waals surface area (Å²) in [4.78, 5) is 23.4. The summed E-state index contributed by atoms with van der Waals surface area (Å²) in [5, 5.41) is 4.53. The van der Waals surface area contributed by atoms with Crippen molar-refractivity contribution >= 4 is 11.5 Å². The van der Waals surface area contributed by atoms with Crippen LogP contribution in [0.2, 0.25) is 0 Å². The zero-order valence-electron chi connectivity index (χ0n) is 21.9. The van der Waals surface area contributed by atoms with Crippen LogP contribution in [0.5, 0.6) is 0 Å². The Balaban J connectivity index is 1.12. The lowest BCUT2D eigenvalue weighted by Crippen LogP contribution is -2.35. The molecule has 2 aliphatic heterocycles. The minimum Gasteiger partial charge on any atom is -0.379 e. The number of hydrogen-bond acceptors (Lipinski definition) is 8. The van der Waals surface area contributed by atoms with Crippen molar-refractivity contribution in [1.82, 2.24) is 34.4 Å². The Labute approximate surface area is 217 Å². The van der Waals surface area contributed by atoms with Gasteiger partial charge < -0.3 is 9.64 Å². The second-order valence-corrected chi connectivity index (χ2v) is 10.3. The molecule has 3 aromatic heterocycles. The number of aromatic nitrogens is 6. The van der Waals surface area contributed by atoms with Gasteiger partial charge in [-0.3, -0.25) is 9.88 Å². The monoisotopic (exact) mass is 498 g/mol. The summed E-state index contributed by atoms with van der Waals surface area (Å²) in [5.41, 5.74) is 7.82. The fraction of sp³-hybridized carbons (Fsp3) is 0.464. The van der Waals surface area contributed by atoms with Crippen molar-refractivity contribution in [2.45, 2.75) is 40.2 Å². The van der Waals surface area contributed by atoms with Gasteiger partial charge in [0, 0.05) is 61.6 Å². The first-order valence-electron chi connectivity index (χ1n) is 13.2. The lowest BCUT2D eigenvalue weighted by atomic mass is 9.96. The molecule has 2 aliphatic rings. The molecular formula is C28H34N8O. The molecule has 6 rings (SSSR count). The molecule has 9 heteroatoms. The summed E-state index contributed by atoms with van der Waals surface area (Å²) in [6.07, 6.45) is 5.91. The van der Waals surface area contributed by atoms with Crippen molar-refractivity contribution in [2.75, 3.05) is 44.3 Å². The Bertz CT molecular complexity index is 1390. The number of morpholine rings is 1. The molecule has 1 atom stereocenters. The first-order chi connectivity index (χ1) is 18.0. The van der Waals surface area contributed by atoms with E-state index < -0.39 is 0 Å². The molecule has 0 saturated carbocycles. The standard InChI is InChI=1S/C28H34N8O/c1-19-26(20(2)36-28(30-19)31-21(3)33-36)14-22-8-9-35(17-22)25-6-4-23(5-7-25)27-16-29-15-24(32-27)18-34-10-12-37-13-11-34/h4-7,15-16,22H,8-14,17-18H2,1-3H3. The lowest BCUT2D eigenvalue weighted by Gasteiger charge is -2.26. The van der Waals surface area contributed by atoms with E-state index in [9.17, 15) is 0 Å². The van der Waals surface area contributed by atoms with Gasteiger partial charge in [0.25, 0.3) is 5.78 Å². The van der Waals surface area contributed by atoms with Crippen molar-refractivity contribution in [3.63, 3.8) is 0 Å². The van der Waals surface area contributed by atoms with Gasteiger partial charge in [0.15, 0.2) is 0 Å². The van der Waals surface area contributed by atoms with Crippen LogP contribution in [-0.2, 0) is 17.7 Å².